The number of hydrogen-bond acceptors (Lipinski definition) is 4. The summed E-state index contributed by atoms with van der Waals surface area (Å²) in [7, 11) is 0. The minimum Gasteiger partial charge on any atom is -0.484 e. The molecule has 1 aliphatic heterocycles. The number of carbonyl (C=O) groups is 2. The van der Waals surface area contributed by atoms with Crippen molar-refractivity contribution in [1.29, 1.82) is 0 Å². The molecule has 8 heteroatoms. The zero-order chi connectivity index (χ0) is 20.6. The van der Waals surface area contributed by atoms with Crippen LogP contribution < -0.4 is 25.4 Å². The van der Waals surface area contributed by atoms with E-state index in [1.54, 1.807) is 24.3 Å². The van der Waals surface area contributed by atoms with E-state index in [1.807, 2.05) is 12.1 Å². The first-order chi connectivity index (χ1) is 14.0. The minimum atomic E-state index is -0.423. The third-order valence-electron chi connectivity index (χ3n) is 4.86. The molecule has 0 bridgehead atoms. The van der Waals surface area contributed by atoms with Gasteiger partial charge in [0.05, 0.1) is 26.2 Å². The molecule has 2 aromatic rings. The van der Waals surface area contributed by atoms with Gasteiger partial charge < -0.3 is 14.5 Å². The number of halogens is 1. The predicted molar refractivity (Wildman–Crippen MR) is 112 cm³/mol. The maximum atomic E-state index is 12.1. The summed E-state index contributed by atoms with van der Waals surface area (Å²) >= 11 is 5.80. The van der Waals surface area contributed by atoms with Crippen molar-refractivity contribution in [3.05, 3.63) is 59.1 Å². The van der Waals surface area contributed by atoms with Gasteiger partial charge in [-0.25, -0.2) is 0 Å². The Labute approximate surface area is 175 Å². The number of nitrogens with one attached hydrogen (secondary N) is 3. The molecule has 154 valence electrons. The van der Waals surface area contributed by atoms with E-state index in [-0.39, 0.29) is 12.5 Å². The monoisotopic (exact) mass is 417 g/mol. The van der Waals surface area contributed by atoms with Crippen molar-refractivity contribution in [3.63, 3.8) is 0 Å². The Balaban J connectivity index is 1.34. The Hall–Kier alpha value is -2.77. The number of amides is 2. The number of aryl methyl sites for hydroxylation is 1. The van der Waals surface area contributed by atoms with Crippen LogP contribution >= 0.6 is 11.6 Å². The highest BCUT2D eigenvalue weighted by Gasteiger charge is 2.23. The van der Waals surface area contributed by atoms with Crippen LogP contribution in [0.15, 0.2) is 48.5 Å². The molecule has 2 aromatic carbocycles. The van der Waals surface area contributed by atoms with Crippen LogP contribution in [0.3, 0.4) is 0 Å². The first-order valence-electron chi connectivity index (χ1n) is 9.61. The molecule has 0 saturated carbocycles. The molecule has 1 aliphatic rings. The van der Waals surface area contributed by atoms with Gasteiger partial charge in [-0.3, -0.25) is 20.4 Å². The SMILES string of the molecule is Cc1ccccc1N1CC[NH+](CC(=O)NNC(=O)COc2ccc(Cl)cc2)CC1. The molecule has 1 fully saturated rings. The zero-order valence-corrected chi connectivity index (χ0v) is 17.2. The van der Waals surface area contributed by atoms with Crippen molar-refractivity contribution in [2.24, 2.45) is 0 Å². The van der Waals surface area contributed by atoms with Crippen molar-refractivity contribution in [2.75, 3.05) is 44.2 Å². The molecule has 7 nitrogen and oxygen atoms in total. The smallest absolute Gasteiger partial charge is 0.293 e. The summed E-state index contributed by atoms with van der Waals surface area (Å²) in [5.74, 6) is -0.108. The van der Waals surface area contributed by atoms with Crippen molar-refractivity contribution >= 4 is 29.1 Å². The van der Waals surface area contributed by atoms with Gasteiger partial charge in [-0.2, -0.15) is 0 Å². The standard InChI is InChI=1S/C21H25ClN4O3/c1-16-4-2-3-5-19(16)26-12-10-25(11-13-26)14-20(27)23-24-21(28)15-29-18-8-6-17(22)7-9-18/h2-9H,10-15H2,1H3,(H,23,27)(H,24,28)/p+1. The molecule has 3 N–H and O–H groups in total. The average Bonchev–Trinajstić information content (AvgIpc) is 2.73. The Morgan fingerprint density at radius 1 is 1.03 bits per heavy atom. The summed E-state index contributed by atoms with van der Waals surface area (Å²) in [6, 6.07) is 15.0. The number of carbonyl (C=O) groups excluding carboxylic acids is 2. The highest BCUT2D eigenvalue weighted by atomic mass is 35.5. The van der Waals surface area contributed by atoms with E-state index >= 15 is 0 Å². The van der Waals surface area contributed by atoms with E-state index in [2.05, 4.69) is 34.8 Å². The molecule has 0 aromatic heterocycles. The Bertz CT molecular complexity index is 836. The molecule has 1 saturated heterocycles. The molecule has 3 rings (SSSR count). The van der Waals surface area contributed by atoms with Gasteiger partial charge in [0, 0.05) is 10.7 Å². The lowest BCUT2D eigenvalue weighted by molar-refractivity contribution is -0.892. The number of piperazine rings is 1. The van der Waals surface area contributed by atoms with Gasteiger partial charge in [-0.05, 0) is 42.8 Å². The number of para-hydroxylation sites is 1. The zero-order valence-electron chi connectivity index (χ0n) is 16.4. The summed E-state index contributed by atoms with van der Waals surface area (Å²) < 4.78 is 5.34. The molecule has 29 heavy (non-hydrogen) atoms. The van der Waals surface area contributed by atoms with Crippen molar-refractivity contribution in [1.82, 2.24) is 10.9 Å². The molecular weight excluding hydrogens is 392 g/mol. The number of quaternary nitrogens is 1. The third-order valence-corrected chi connectivity index (χ3v) is 5.11. The van der Waals surface area contributed by atoms with Crippen LogP contribution in [0.4, 0.5) is 5.69 Å². The highest BCUT2D eigenvalue weighted by molar-refractivity contribution is 6.30. The van der Waals surface area contributed by atoms with Gasteiger partial charge >= 0.3 is 0 Å². The third kappa shape index (κ3) is 6.37. The lowest BCUT2D eigenvalue weighted by Crippen LogP contribution is -3.16. The number of nitrogens with zero attached hydrogens (tertiary/aromatic N) is 1. The van der Waals surface area contributed by atoms with E-state index in [1.165, 1.54) is 16.2 Å². The topological polar surface area (TPSA) is 75.1 Å². The van der Waals surface area contributed by atoms with E-state index in [4.69, 9.17) is 16.3 Å². The quantitative estimate of drug-likeness (QED) is 0.601. The summed E-state index contributed by atoms with van der Waals surface area (Å²) in [4.78, 5) is 27.5. The number of rotatable bonds is 6. The summed E-state index contributed by atoms with van der Waals surface area (Å²) in [5.41, 5.74) is 7.35. The second-order valence-electron chi connectivity index (χ2n) is 7.04. The molecule has 0 atom stereocenters. The number of ether oxygens (including phenoxy) is 1. The lowest BCUT2D eigenvalue weighted by atomic mass is 10.1. The van der Waals surface area contributed by atoms with Crippen LogP contribution in [0.1, 0.15) is 5.56 Å². The lowest BCUT2D eigenvalue weighted by Gasteiger charge is -2.34. The molecule has 2 amide bonds. The first-order valence-corrected chi connectivity index (χ1v) is 9.99. The Morgan fingerprint density at radius 2 is 1.69 bits per heavy atom. The maximum absolute atomic E-state index is 12.1. The normalized spacial score (nSPS) is 14.3. The van der Waals surface area contributed by atoms with E-state index in [0.29, 0.717) is 17.3 Å². The van der Waals surface area contributed by atoms with Crippen LogP contribution in [0.5, 0.6) is 5.75 Å². The van der Waals surface area contributed by atoms with Crippen LogP contribution in [-0.4, -0.2) is 51.1 Å². The highest BCUT2D eigenvalue weighted by Crippen LogP contribution is 2.18. The molecule has 1 heterocycles. The number of hydrazine groups is 1. The number of benzene rings is 2. The summed E-state index contributed by atoms with van der Waals surface area (Å²) in [6.07, 6.45) is 0. The molecule has 0 aliphatic carbocycles. The van der Waals surface area contributed by atoms with Crippen molar-refractivity contribution in [3.8, 4) is 5.75 Å². The van der Waals surface area contributed by atoms with Gasteiger partial charge in [-0.1, -0.05) is 29.8 Å². The predicted octanol–water partition coefficient (Wildman–Crippen LogP) is 0.580. The summed E-state index contributed by atoms with van der Waals surface area (Å²) in [6.45, 7) is 5.78. The van der Waals surface area contributed by atoms with Crippen LogP contribution in [0.25, 0.3) is 0 Å². The van der Waals surface area contributed by atoms with Gasteiger partial charge in [-0.15, -0.1) is 0 Å². The average molecular weight is 418 g/mol. The fraction of sp³-hybridized carbons (Fsp3) is 0.333. The van der Waals surface area contributed by atoms with Crippen LogP contribution in [-0.2, 0) is 9.59 Å². The molecule has 0 unspecified atom stereocenters. The van der Waals surface area contributed by atoms with E-state index < -0.39 is 5.91 Å². The van der Waals surface area contributed by atoms with E-state index in [9.17, 15) is 9.59 Å². The Morgan fingerprint density at radius 3 is 2.38 bits per heavy atom. The number of hydrogen-bond donors (Lipinski definition) is 3. The van der Waals surface area contributed by atoms with Gasteiger partial charge in [0.1, 0.15) is 5.75 Å². The summed E-state index contributed by atoms with van der Waals surface area (Å²) in [5, 5.41) is 0.594. The minimum absolute atomic E-state index is 0.191. The van der Waals surface area contributed by atoms with E-state index in [0.717, 1.165) is 26.2 Å². The maximum Gasteiger partial charge on any atom is 0.293 e. The fourth-order valence-corrected chi connectivity index (χ4v) is 3.41. The second-order valence-corrected chi connectivity index (χ2v) is 7.48. The van der Waals surface area contributed by atoms with Gasteiger partial charge in [0.2, 0.25) is 0 Å². The molecular formula is C21H26ClN4O3+. The van der Waals surface area contributed by atoms with Crippen molar-refractivity contribution < 1.29 is 19.2 Å². The Kier molecular flexibility index (Phi) is 7.32. The number of anilines is 1. The largest absolute Gasteiger partial charge is 0.484 e. The molecule has 0 spiro atoms. The first kappa shape index (κ1) is 21.0. The van der Waals surface area contributed by atoms with Gasteiger partial charge in [0.15, 0.2) is 13.2 Å². The second kappa shape index (κ2) is 10.1. The van der Waals surface area contributed by atoms with Crippen LogP contribution in [0, 0.1) is 6.92 Å². The fourth-order valence-electron chi connectivity index (χ4n) is 3.29. The molecule has 0 radical (unpaired) electrons. The van der Waals surface area contributed by atoms with Gasteiger partial charge in [0.25, 0.3) is 11.8 Å². The van der Waals surface area contributed by atoms with Crippen LogP contribution in [0.2, 0.25) is 5.02 Å². The van der Waals surface area contributed by atoms with Crippen molar-refractivity contribution in [2.45, 2.75) is 6.92 Å².